The van der Waals surface area contributed by atoms with Crippen LogP contribution in [0.3, 0.4) is 0 Å². The van der Waals surface area contributed by atoms with E-state index in [0.29, 0.717) is 17.6 Å². The molecule has 0 saturated carbocycles. The second-order valence-corrected chi connectivity index (χ2v) is 13.0. The minimum absolute atomic E-state index is 0.176. The molecule has 1 atom stereocenters. The van der Waals surface area contributed by atoms with E-state index in [1.54, 1.807) is 19.9 Å². The Labute approximate surface area is 265 Å². The maximum absolute atomic E-state index is 12.2. The Hall–Kier alpha value is -4.02. The summed E-state index contributed by atoms with van der Waals surface area (Å²) >= 11 is 0. The van der Waals surface area contributed by atoms with E-state index < -0.39 is 11.5 Å². The molecule has 2 aliphatic carbocycles. The van der Waals surface area contributed by atoms with Crippen LogP contribution in [0.15, 0.2) is 141 Å². The van der Waals surface area contributed by atoms with Crippen LogP contribution in [0.2, 0.25) is 0 Å². The van der Waals surface area contributed by atoms with Crippen molar-refractivity contribution in [2.24, 2.45) is 10.8 Å². The highest BCUT2D eigenvalue weighted by Crippen LogP contribution is 2.40. The van der Waals surface area contributed by atoms with Crippen molar-refractivity contribution in [3.05, 3.63) is 141 Å². The van der Waals surface area contributed by atoms with Crippen LogP contribution in [0.1, 0.15) is 75.7 Å². The van der Waals surface area contributed by atoms with E-state index in [9.17, 15) is 19.8 Å². The molecule has 0 saturated heterocycles. The number of carbonyl (C=O) groups is 2. The van der Waals surface area contributed by atoms with Gasteiger partial charge in [0.15, 0.2) is 11.5 Å². The molecule has 0 fully saturated rings. The van der Waals surface area contributed by atoms with Gasteiger partial charge in [-0.25, -0.2) is 0 Å². The monoisotopic (exact) mass is 594 g/mol. The molecule has 0 heterocycles. The van der Waals surface area contributed by atoms with Gasteiger partial charge in [-0.3, -0.25) is 9.59 Å². The molecule has 234 valence electrons. The fourth-order valence-electron chi connectivity index (χ4n) is 5.32. The Kier molecular flexibility index (Phi) is 12.8. The van der Waals surface area contributed by atoms with Gasteiger partial charge in [-0.15, -0.1) is 0 Å². The number of ketones is 2. The van der Waals surface area contributed by atoms with Crippen molar-refractivity contribution < 1.29 is 19.8 Å². The minimum atomic E-state index is -0.908. The lowest BCUT2D eigenvalue weighted by molar-refractivity contribution is -0.125. The molecule has 0 spiro atoms. The van der Waals surface area contributed by atoms with Gasteiger partial charge in [0.05, 0.1) is 0 Å². The number of rotatable bonds is 10. The van der Waals surface area contributed by atoms with Crippen LogP contribution in [0.5, 0.6) is 0 Å². The third-order valence-electron chi connectivity index (χ3n) is 7.97. The van der Waals surface area contributed by atoms with Gasteiger partial charge in [-0.1, -0.05) is 135 Å². The first-order valence-corrected chi connectivity index (χ1v) is 15.2. The van der Waals surface area contributed by atoms with E-state index in [4.69, 9.17) is 0 Å². The molecule has 0 aromatic carbocycles. The summed E-state index contributed by atoms with van der Waals surface area (Å²) < 4.78 is 0. The van der Waals surface area contributed by atoms with Crippen LogP contribution in [0.4, 0.5) is 0 Å². The van der Waals surface area contributed by atoms with E-state index in [0.717, 1.165) is 33.4 Å². The van der Waals surface area contributed by atoms with Gasteiger partial charge in [0.2, 0.25) is 5.78 Å². The summed E-state index contributed by atoms with van der Waals surface area (Å²) in [6.07, 6.45) is 29.4. The molecule has 0 aliphatic heterocycles. The summed E-state index contributed by atoms with van der Waals surface area (Å²) in [6, 6.07) is 0. The van der Waals surface area contributed by atoms with Crippen molar-refractivity contribution in [2.75, 3.05) is 0 Å². The molecule has 2 N–H and O–H groups in total. The molecule has 44 heavy (non-hydrogen) atoms. The molecular weight excluding hydrogens is 544 g/mol. The minimum Gasteiger partial charge on any atom is -0.504 e. The van der Waals surface area contributed by atoms with Crippen LogP contribution >= 0.6 is 0 Å². The largest absolute Gasteiger partial charge is 0.504 e. The van der Waals surface area contributed by atoms with E-state index in [1.165, 1.54) is 0 Å². The lowest BCUT2D eigenvalue weighted by Crippen LogP contribution is -2.35. The quantitative estimate of drug-likeness (QED) is 0.247. The Morgan fingerprint density at radius 1 is 0.705 bits per heavy atom. The van der Waals surface area contributed by atoms with E-state index in [-0.39, 0.29) is 22.7 Å². The summed E-state index contributed by atoms with van der Waals surface area (Å²) in [7, 11) is 0. The standard InChI is InChI=1S/C40H50O4/c1-27(17-13-19-29(3)21-23-33-31(5)37(43)35(41)25-39(33,7)8)15-11-12-16-28(2)18-14-20-30(4)22-24-34-32(6)38(44)36(42)26-40(34,9)10/h11-25,36,41-42H,26H2,1-10H3/b12-11+,17-13+,18-14+,23-21+,24-22+,27-15+,28-16+,29-19+,30-20+/t36-/m1/s1. The number of hydrogen-bond donors (Lipinski definition) is 2. The second-order valence-electron chi connectivity index (χ2n) is 13.0. The fraction of sp³-hybridized carbons (Fsp3) is 0.350. The molecule has 4 heteroatoms. The predicted octanol–water partition coefficient (Wildman–Crippen LogP) is 9.60. The van der Waals surface area contributed by atoms with Gasteiger partial charge in [0, 0.05) is 11.0 Å². The van der Waals surface area contributed by atoms with Gasteiger partial charge < -0.3 is 10.2 Å². The van der Waals surface area contributed by atoms with Crippen LogP contribution < -0.4 is 0 Å². The van der Waals surface area contributed by atoms with Crippen molar-refractivity contribution in [3.8, 4) is 0 Å². The first-order chi connectivity index (χ1) is 20.5. The average molecular weight is 595 g/mol. The van der Waals surface area contributed by atoms with Gasteiger partial charge >= 0.3 is 0 Å². The van der Waals surface area contributed by atoms with Crippen LogP contribution in [0, 0.1) is 10.8 Å². The highest BCUT2D eigenvalue weighted by atomic mass is 16.3. The molecule has 2 aliphatic rings. The van der Waals surface area contributed by atoms with Crippen LogP contribution in [0.25, 0.3) is 0 Å². The molecule has 0 aromatic rings. The lowest BCUT2D eigenvalue weighted by Gasteiger charge is -2.34. The molecular formula is C40H50O4. The zero-order valence-corrected chi connectivity index (χ0v) is 28.2. The number of carbonyl (C=O) groups excluding carboxylic acids is 2. The fourth-order valence-corrected chi connectivity index (χ4v) is 5.32. The number of Topliss-reactive ketones (excluding diaryl/α,β-unsaturated/α-hetero) is 2. The molecule has 0 bridgehead atoms. The van der Waals surface area contributed by atoms with Crippen molar-refractivity contribution in [3.63, 3.8) is 0 Å². The van der Waals surface area contributed by atoms with Gasteiger partial charge in [0.25, 0.3) is 0 Å². The van der Waals surface area contributed by atoms with Crippen LogP contribution in [-0.4, -0.2) is 27.9 Å². The first-order valence-electron chi connectivity index (χ1n) is 15.2. The van der Waals surface area contributed by atoms with Crippen molar-refractivity contribution in [2.45, 2.75) is 81.8 Å². The maximum atomic E-state index is 12.2. The number of aliphatic hydroxyl groups is 2. The molecule has 4 nitrogen and oxygen atoms in total. The Morgan fingerprint density at radius 2 is 1.14 bits per heavy atom. The smallest absolute Gasteiger partial charge is 0.222 e. The highest BCUT2D eigenvalue weighted by molar-refractivity contribution is 6.08. The lowest BCUT2D eigenvalue weighted by atomic mass is 9.71. The van der Waals surface area contributed by atoms with E-state index in [1.807, 2.05) is 114 Å². The van der Waals surface area contributed by atoms with Crippen molar-refractivity contribution >= 4 is 11.6 Å². The normalized spacial score (nSPS) is 22.7. The van der Waals surface area contributed by atoms with E-state index in [2.05, 4.69) is 26.0 Å². The Morgan fingerprint density at radius 3 is 1.64 bits per heavy atom. The van der Waals surface area contributed by atoms with Crippen LogP contribution in [-0.2, 0) is 9.59 Å². The summed E-state index contributed by atoms with van der Waals surface area (Å²) in [5.41, 5.74) is 6.81. The second kappa shape index (κ2) is 15.6. The first kappa shape index (κ1) is 36.2. The molecule has 0 radical (unpaired) electrons. The van der Waals surface area contributed by atoms with Gasteiger partial charge in [-0.2, -0.15) is 0 Å². The summed E-state index contributed by atoms with van der Waals surface area (Å²) in [5, 5.41) is 19.9. The van der Waals surface area contributed by atoms with Crippen molar-refractivity contribution in [1.29, 1.82) is 0 Å². The van der Waals surface area contributed by atoms with E-state index >= 15 is 0 Å². The number of hydrogen-bond acceptors (Lipinski definition) is 4. The molecule has 0 amide bonds. The zero-order valence-electron chi connectivity index (χ0n) is 28.2. The summed E-state index contributed by atoms with van der Waals surface area (Å²) in [5.74, 6) is -0.669. The zero-order chi connectivity index (χ0) is 33.2. The average Bonchev–Trinajstić information content (AvgIpc) is 2.92. The predicted molar refractivity (Wildman–Crippen MR) is 185 cm³/mol. The van der Waals surface area contributed by atoms with Crippen molar-refractivity contribution in [1.82, 2.24) is 0 Å². The van der Waals surface area contributed by atoms with Gasteiger partial charge in [0.1, 0.15) is 6.10 Å². The SMILES string of the molecule is CC1=C(/C=C/C(C)=C/C=C/C(C)=C/C=C/C=C(C)/C=C/C=C(C)/C=C/C2=C(C)C(=O)[C@H](O)CC2(C)C)C(C)(C)C=C(O)C1=O. The number of allylic oxidation sites excluding steroid dienone is 22. The third-order valence-corrected chi connectivity index (χ3v) is 7.97. The van der Waals surface area contributed by atoms with Gasteiger partial charge in [-0.05, 0) is 76.2 Å². The third kappa shape index (κ3) is 10.3. The summed E-state index contributed by atoms with van der Waals surface area (Å²) in [4.78, 5) is 24.4. The Balaban J connectivity index is 1.95. The molecule has 2 rings (SSSR count). The Bertz CT molecular complexity index is 1450. The molecule has 0 unspecified atom stereocenters. The maximum Gasteiger partial charge on any atom is 0.222 e. The number of aliphatic hydroxyl groups excluding tert-OH is 2. The summed E-state index contributed by atoms with van der Waals surface area (Å²) in [6.45, 7) is 19.8. The molecule has 0 aromatic heterocycles. The topological polar surface area (TPSA) is 74.6 Å². The highest BCUT2D eigenvalue weighted by Gasteiger charge is 2.36.